The summed E-state index contributed by atoms with van der Waals surface area (Å²) in [5, 5.41) is 7.87. The van der Waals surface area contributed by atoms with Gasteiger partial charge in [-0.05, 0) is 18.9 Å². The maximum Gasteiger partial charge on any atom is 0.340 e. The van der Waals surface area contributed by atoms with Crippen LogP contribution in [-0.4, -0.2) is 33.2 Å². The first-order valence-electron chi connectivity index (χ1n) is 8.79. The van der Waals surface area contributed by atoms with Gasteiger partial charge in [-0.25, -0.2) is 9.48 Å². The second-order valence-electron chi connectivity index (χ2n) is 6.47. The van der Waals surface area contributed by atoms with Gasteiger partial charge < -0.3 is 15.0 Å². The fourth-order valence-electron chi connectivity index (χ4n) is 3.48. The number of carbonyl (C=O) groups is 2. The second-order valence-corrected chi connectivity index (χ2v) is 6.47. The molecule has 134 valence electrons. The van der Waals surface area contributed by atoms with Crippen molar-refractivity contribution in [3.8, 4) is 0 Å². The van der Waals surface area contributed by atoms with E-state index in [1.165, 1.54) is 12.8 Å². The van der Waals surface area contributed by atoms with Crippen molar-refractivity contribution < 1.29 is 14.3 Å². The number of hydrogen-bond acceptors (Lipinski definition) is 4. The van der Waals surface area contributed by atoms with Crippen molar-refractivity contribution in [1.29, 1.82) is 0 Å². The maximum absolute atomic E-state index is 12.3. The van der Waals surface area contributed by atoms with Crippen LogP contribution in [0.3, 0.4) is 0 Å². The molecule has 1 amide bonds. The van der Waals surface area contributed by atoms with Gasteiger partial charge in [-0.2, -0.15) is 5.10 Å². The summed E-state index contributed by atoms with van der Waals surface area (Å²) in [5.41, 5.74) is 1.27. The molecule has 3 aromatic rings. The number of hydrogen-bond donors (Lipinski definition) is 2. The number of benzene rings is 1. The highest BCUT2D eigenvalue weighted by Gasteiger charge is 2.21. The molecule has 7 heteroatoms. The lowest BCUT2D eigenvalue weighted by atomic mass is 10.2. The van der Waals surface area contributed by atoms with Crippen molar-refractivity contribution in [2.45, 2.75) is 31.7 Å². The molecule has 1 fully saturated rings. The summed E-state index contributed by atoms with van der Waals surface area (Å²) in [6.07, 6.45) is 7.77. The van der Waals surface area contributed by atoms with E-state index in [0.29, 0.717) is 17.4 Å². The van der Waals surface area contributed by atoms with Crippen LogP contribution in [0.4, 0.5) is 5.82 Å². The number of carbonyl (C=O) groups excluding carboxylic acids is 2. The first kappa shape index (κ1) is 16.4. The van der Waals surface area contributed by atoms with Gasteiger partial charge in [-0.1, -0.05) is 31.0 Å². The Hall–Kier alpha value is -3.09. The fourth-order valence-corrected chi connectivity index (χ4v) is 3.48. The third-order valence-electron chi connectivity index (χ3n) is 4.75. The lowest BCUT2D eigenvalue weighted by Crippen LogP contribution is -2.23. The first-order valence-corrected chi connectivity index (χ1v) is 8.79. The Bertz CT molecular complexity index is 937. The molecule has 0 atom stereocenters. The quantitative estimate of drug-likeness (QED) is 0.690. The number of aromatic amines is 1. The van der Waals surface area contributed by atoms with Crippen molar-refractivity contribution in [3.63, 3.8) is 0 Å². The van der Waals surface area contributed by atoms with E-state index in [1.807, 2.05) is 28.9 Å². The van der Waals surface area contributed by atoms with Crippen molar-refractivity contribution in [2.24, 2.45) is 0 Å². The van der Waals surface area contributed by atoms with Crippen molar-refractivity contribution in [1.82, 2.24) is 14.8 Å². The van der Waals surface area contributed by atoms with E-state index in [9.17, 15) is 9.59 Å². The summed E-state index contributed by atoms with van der Waals surface area (Å²) in [6.45, 7) is -0.339. The SMILES string of the molecule is O=C(COC(=O)c1c[nH]c2ccccc12)Nc1ccnn1C1CCCC1. The number of ether oxygens (including phenoxy) is 1. The predicted molar refractivity (Wildman–Crippen MR) is 96.9 cm³/mol. The van der Waals surface area contributed by atoms with Crippen LogP contribution in [0.25, 0.3) is 10.9 Å². The van der Waals surface area contributed by atoms with Crippen LogP contribution in [0.15, 0.2) is 42.7 Å². The Kier molecular flexibility index (Phi) is 4.43. The summed E-state index contributed by atoms with van der Waals surface area (Å²) in [7, 11) is 0. The largest absolute Gasteiger partial charge is 0.452 e. The lowest BCUT2D eigenvalue weighted by Gasteiger charge is -2.14. The standard InChI is InChI=1S/C19H20N4O3/c24-18(22-17-9-10-21-23(17)13-5-1-2-6-13)12-26-19(25)15-11-20-16-8-4-3-7-14(15)16/h3-4,7-11,13,20H,1-2,5-6,12H2,(H,22,24). The Labute approximate surface area is 150 Å². The summed E-state index contributed by atoms with van der Waals surface area (Å²) in [6, 6.07) is 9.54. The Morgan fingerprint density at radius 2 is 2.04 bits per heavy atom. The van der Waals surface area contributed by atoms with Crippen LogP contribution in [0.5, 0.6) is 0 Å². The number of nitrogens with one attached hydrogen (secondary N) is 2. The number of rotatable bonds is 5. The van der Waals surface area contributed by atoms with Crippen molar-refractivity contribution in [2.75, 3.05) is 11.9 Å². The molecule has 2 aromatic heterocycles. The monoisotopic (exact) mass is 352 g/mol. The van der Waals surface area contributed by atoms with E-state index in [2.05, 4.69) is 15.4 Å². The highest BCUT2D eigenvalue weighted by Crippen LogP contribution is 2.31. The molecule has 4 rings (SSSR count). The number of esters is 1. The number of para-hydroxylation sites is 1. The molecular weight excluding hydrogens is 332 g/mol. The summed E-state index contributed by atoms with van der Waals surface area (Å²) < 4.78 is 7.02. The van der Waals surface area contributed by atoms with Gasteiger partial charge in [-0.3, -0.25) is 4.79 Å². The van der Waals surface area contributed by atoms with Gasteiger partial charge >= 0.3 is 5.97 Å². The highest BCUT2D eigenvalue weighted by atomic mass is 16.5. The molecule has 1 saturated carbocycles. The second kappa shape index (κ2) is 7.03. The molecule has 2 N–H and O–H groups in total. The van der Waals surface area contributed by atoms with Gasteiger partial charge in [0, 0.05) is 23.2 Å². The van der Waals surface area contributed by atoms with Crippen LogP contribution >= 0.6 is 0 Å². The van der Waals surface area contributed by atoms with Gasteiger partial charge in [0.25, 0.3) is 5.91 Å². The normalized spacial score (nSPS) is 14.6. The van der Waals surface area contributed by atoms with E-state index in [4.69, 9.17) is 4.74 Å². The molecular formula is C19H20N4O3. The molecule has 0 spiro atoms. The minimum atomic E-state index is -0.526. The van der Waals surface area contributed by atoms with Crippen LogP contribution in [0.2, 0.25) is 0 Å². The zero-order chi connectivity index (χ0) is 17.9. The molecule has 0 saturated heterocycles. The number of amides is 1. The predicted octanol–water partition coefficient (Wildman–Crippen LogP) is 3.28. The van der Waals surface area contributed by atoms with Crippen LogP contribution in [0.1, 0.15) is 42.1 Å². The number of aromatic nitrogens is 3. The molecule has 1 aliphatic rings. The third kappa shape index (κ3) is 3.20. The van der Waals surface area contributed by atoms with E-state index in [0.717, 1.165) is 23.7 Å². The van der Waals surface area contributed by atoms with Gasteiger partial charge in [0.2, 0.25) is 0 Å². The molecule has 7 nitrogen and oxygen atoms in total. The maximum atomic E-state index is 12.3. The minimum absolute atomic E-state index is 0.328. The Balaban J connectivity index is 1.37. The smallest absolute Gasteiger partial charge is 0.340 e. The molecule has 0 bridgehead atoms. The third-order valence-corrected chi connectivity index (χ3v) is 4.75. The van der Waals surface area contributed by atoms with Crippen LogP contribution in [-0.2, 0) is 9.53 Å². The number of nitrogens with zero attached hydrogens (tertiary/aromatic N) is 2. The molecule has 0 aliphatic heterocycles. The molecule has 0 unspecified atom stereocenters. The van der Waals surface area contributed by atoms with Gasteiger partial charge in [0.15, 0.2) is 6.61 Å². The zero-order valence-electron chi connectivity index (χ0n) is 14.3. The van der Waals surface area contributed by atoms with Crippen molar-refractivity contribution in [3.05, 3.63) is 48.3 Å². The molecule has 2 heterocycles. The summed E-state index contributed by atoms with van der Waals surface area (Å²) >= 11 is 0. The zero-order valence-corrected chi connectivity index (χ0v) is 14.3. The fraction of sp³-hybridized carbons (Fsp3) is 0.316. The van der Waals surface area contributed by atoms with E-state index < -0.39 is 5.97 Å². The van der Waals surface area contributed by atoms with E-state index in [-0.39, 0.29) is 12.5 Å². The minimum Gasteiger partial charge on any atom is -0.452 e. The summed E-state index contributed by atoms with van der Waals surface area (Å²) in [5.74, 6) is -0.259. The molecule has 1 aromatic carbocycles. The van der Waals surface area contributed by atoms with E-state index >= 15 is 0 Å². The molecule has 1 aliphatic carbocycles. The highest BCUT2D eigenvalue weighted by molar-refractivity contribution is 6.04. The molecule has 0 radical (unpaired) electrons. The van der Waals surface area contributed by atoms with E-state index in [1.54, 1.807) is 18.5 Å². The number of H-pyrrole nitrogens is 1. The average Bonchev–Trinajstić information content (AvgIpc) is 3.39. The van der Waals surface area contributed by atoms with Gasteiger partial charge in [0.1, 0.15) is 5.82 Å². The van der Waals surface area contributed by atoms with Gasteiger partial charge in [-0.15, -0.1) is 0 Å². The molecule has 26 heavy (non-hydrogen) atoms. The summed E-state index contributed by atoms with van der Waals surface area (Å²) in [4.78, 5) is 27.5. The van der Waals surface area contributed by atoms with Crippen molar-refractivity contribution >= 4 is 28.6 Å². The number of anilines is 1. The lowest BCUT2D eigenvalue weighted by molar-refractivity contribution is -0.119. The van der Waals surface area contributed by atoms with Gasteiger partial charge in [0.05, 0.1) is 17.8 Å². The van der Waals surface area contributed by atoms with Crippen LogP contribution < -0.4 is 5.32 Å². The number of fused-ring (bicyclic) bond motifs is 1. The Morgan fingerprint density at radius 3 is 2.88 bits per heavy atom. The van der Waals surface area contributed by atoms with Crippen LogP contribution in [0, 0.1) is 0 Å². The average molecular weight is 352 g/mol. The topological polar surface area (TPSA) is 89.0 Å². The first-order chi connectivity index (χ1) is 12.7. The Morgan fingerprint density at radius 1 is 1.23 bits per heavy atom.